The highest BCUT2D eigenvalue weighted by Gasteiger charge is 2.38. The molecular formula is C13H14N2O6. The number of hydrogen-bond donors (Lipinski definition) is 3. The van der Waals surface area contributed by atoms with Crippen LogP contribution in [0.5, 0.6) is 5.75 Å². The van der Waals surface area contributed by atoms with Crippen molar-refractivity contribution >= 4 is 18.0 Å². The van der Waals surface area contributed by atoms with Crippen molar-refractivity contribution in [2.24, 2.45) is 0 Å². The van der Waals surface area contributed by atoms with E-state index in [0.717, 1.165) is 0 Å². The Labute approximate surface area is 119 Å². The highest BCUT2D eigenvalue weighted by molar-refractivity contribution is 5.89. The van der Waals surface area contributed by atoms with Gasteiger partial charge in [-0.05, 0) is 17.7 Å². The third-order valence-electron chi connectivity index (χ3n) is 2.96. The average Bonchev–Trinajstić information content (AvgIpc) is 2.78. The van der Waals surface area contributed by atoms with Gasteiger partial charge in [-0.25, -0.2) is 4.79 Å². The van der Waals surface area contributed by atoms with Crippen LogP contribution in [0.1, 0.15) is 5.56 Å². The summed E-state index contributed by atoms with van der Waals surface area (Å²) >= 11 is 0. The number of aromatic hydroxyl groups is 1. The Morgan fingerprint density at radius 1 is 1.43 bits per heavy atom. The molecule has 112 valence electrons. The van der Waals surface area contributed by atoms with Crippen molar-refractivity contribution in [3.05, 3.63) is 29.8 Å². The molecule has 1 aliphatic heterocycles. The van der Waals surface area contributed by atoms with Gasteiger partial charge in [0.25, 0.3) is 0 Å². The number of phenolic OH excluding ortho intramolecular Hbond substituents is 1. The molecule has 1 aromatic rings. The number of carboxylic acids is 1. The summed E-state index contributed by atoms with van der Waals surface area (Å²) in [4.78, 5) is 35.2. The quantitative estimate of drug-likeness (QED) is 0.699. The molecule has 8 heteroatoms. The summed E-state index contributed by atoms with van der Waals surface area (Å²) in [5.74, 6) is -1.72. The Morgan fingerprint density at radius 3 is 2.86 bits per heavy atom. The van der Waals surface area contributed by atoms with E-state index in [1.165, 1.54) is 17.0 Å². The van der Waals surface area contributed by atoms with E-state index in [4.69, 9.17) is 9.84 Å². The molecule has 0 radical (unpaired) electrons. The Hall–Kier alpha value is -2.77. The number of ether oxygens (including phenoxy) is 1. The molecule has 1 atom stereocenters. The molecule has 1 fully saturated rings. The molecule has 0 unspecified atom stereocenters. The summed E-state index contributed by atoms with van der Waals surface area (Å²) in [5.41, 5.74) is 0.630. The number of cyclic esters (lactones) is 1. The largest absolute Gasteiger partial charge is 0.508 e. The zero-order valence-corrected chi connectivity index (χ0v) is 11.0. The van der Waals surface area contributed by atoms with Crippen molar-refractivity contribution in [1.82, 2.24) is 10.2 Å². The van der Waals surface area contributed by atoms with Gasteiger partial charge in [0.2, 0.25) is 5.91 Å². The number of carboxylic acid groups (broad SMARTS) is 1. The predicted molar refractivity (Wildman–Crippen MR) is 69.4 cm³/mol. The number of carbonyl (C=O) groups is 3. The SMILES string of the molecule is O=C(O)CNC(=O)[C@@H]1COC(=O)N1Cc1cccc(O)c1. The number of rotatable bonds is 5. The summed E-state index contributed by atoms with van der Waals surface area (Å²) in [6.07, 6.45) is -0.659. The molecule has 21 heavy (non-hydrogen) atoms. The fourth-order valence-corrected chi connectivity index (χ4v) is 1.97. The van der Waals surface area contributed by atoms with Gasteiger partial charge in [0.05, 0.1) is 6.54 Å². The van der Waals surface area contributed by atoms with E-state index in [1.54, 1.807) is 12.1 Å². The van der Waals surface area contributed by atoms with Crippen LogP contribution in [-0.2, 0) is 20.9 Å². The minimum atomic E-state index is -1.17. The van der Waals surface area contributed by atoms with Crippen molar-refractivity contribution in [2.45, 2.75) is 12.6 Å². The molecule has 0 spiro atoms. The van der Waals surface area contributed by atoms with Crippen LogP contribution in [0.3, 0.4) is 0 Å². The number of benzene rings is 1. The first kappa shape index (κ1) is 14.6. The smallest absolute Gasteiger partial charge is 0.410 e. The molecule has 0 aromatic heterocycles. The number of hydrogen-bond acceptors (Lipinski definition) is 5. The molecule has 1 aromatic carbocycles. The van der Waals surface area contributed by atoms with E-state index in [1.807, 2.05) is 0 Å². The lowest BCUT2D eigenvalue weighted by Gasteiger charge is -2.20. The maximum absolute atomic E-state index is 11.9. The maximum atomic E-state index is 11.9. The first-order valence-corrected chi connectivity index (χ1v) is 6.18. The summed E-state index contributed by atoms with van der Waals surface area (Å²) in [6, 6.07) is 5.38. The number of aliphatic carboxylic acids is 1. The third-order valence-corrected chi connectivity index (χ3v) is 2.96. The van der Waals surface area contributed by atoms with Crippen molar-refractivity contribution in [3.8, 4) is 5.75 Å². The van der Waals surface area contributed by atoms with E-state index in [9.17, 15) is 19.5 Å². The van der Waals surface area contributed by atoms with Crippen LogP contribution >= 0.6 is 0 Å². The highest BCUT2D eigenvalue weighted by atomic mass is 16.6. The molecule has 1 saturated heterocycles. The molecule has 0 aliphatic carbocycles. The van der Waals surface area contributed by atoms with E-state index >= 15 is 0 Å². The van der Waals surface area contributed by atoms with Crippen LogP contribution in [0.2, 0.25) is 0 Å². The van der Waals surface area contributed by atoms with Gasteiger partial charge in [-0.15, -0.1) is 0 Å². The van der Waals surface area contributed by atoms with Gasteiger partial charge in [0.15, 0.2) is 0 Å². The molecule has 0 bridgehead atoms. The van der Waals surface area contributed by atoms with Crippen molar-refractivity contribution in [2.75, 3.05) is 13.2 Å². The van der Waals surface area contributed by atoms with Gasteiger partial charge in [0.1, 0.15) is 24.9 Å². The Morgan fingerprint density at radius 2 is 2.19 bits per heavy atom. The van der Waals surface area contributed by atoms with Crippen molar-refractivity contribution in [3.63, 3.8) is 0 Å². The number of nitrogens with zero attached hydrogens (tertiary/aromatic N) is 1. The Bertz CT molecular complexity index is 574. The minimum absolute atomic E-state index is 0.0481. The summed E-state index contributed by atoms with van der Waals surface area (Å²) < 4.78 is 4.82. The van der Waals surface area contributed by atoms with Gasteiger partial charge in [-0.2, -0.15) is 0 Å². The number of nitrogens with one attached hydrogen (secondary N) is 1. The molecule has 2 amide bonds. The summed E-state index contributed by atoms with van der Waals surface area (Å²) in [6.45, 7) is -0.578. The molecule has 8 nitrogen and oxygen atoms in total. The second-order valence-electron chi connectivity index (χ2n) is 4.50. The van der Waals surface area contributed by atoms with E-state index < -0.39 is 30.6 Å². The molecule has 1 aliphatic rings. The van der Waals surface area contributed by atoms with Crippen LogP contribution in [0.4, 0.5) is 4.79 Å². The topological polar surface area (TPSA) is 116 Å². The van der Waals surface area contributed by atoms with Crippen LogP contribution in [0.15, 0.2) is 24.3 Å². The average molecular weight is 294 g/mol. The van der Waals surface area contributed by atoms with Crippen LogP contribution in [-0.4, -0.2) is 52.3 Å². The number of amides is 2. The second-order valence-corrected chi connectivity index (χ2v) is 4.50. The molecule has 0 saturated carbocycles. The first-order chi connectivity index (χ1) is 9.97. The lowest BCUT2D eigenvalue weighted by molar-refractivity contribution is -0.138. The third kappa shape index (κ3) is 3.62. The van der Waals surface area contributed by atoms with E-state index in [-0.39, 0.29) is 18.9 Å². The van der Waals surface area contributed by atoms with Gasteiger partial charge < -0.3 is 20.3 Å². The standard InChI is InChI=1S/C13H14N2O6/c16-9-3-1-2-8(4-9)6-15-10(7-21-13(15)20)12(19)14-5-11(17)18/h1-4,10,16H,5-7H2,(H,14,19)(H,17,18)/t10-/m0/s1. The molecule has 3 N–H and O–H groups in total. The zero-order valence-electron chi connectivity index (χ0n) is 11.0. The van der Waals surface area contributed by atoms with Gasteiger partial charge >= 0.3 is 12.1 Å². The predicted octanol–water partition coefficient (Wildman–Crippen LogP) is -0.0862. The van der Waals surface area contributed by atoms with Crippen LogP contribution < -0.4 is 5.32 Å². The van der Waals surface area contributed by atoms with Gasteiger partial charge in [-0.3, -0.25) is 14.5 Å². The minimum Gasteiger partial charge on any atom is -0.508 e. The lowest BCUT2D eigenvalue weighted by Crippen LogP contribution is -2.46. The monoisotopic (exact) mass is 294 g/mol. The molecule has 2 rings (SSSR count). The van der Waals surface area contributed by atoms with Gasteiger partial charge in [0, 0.05) is 0 Å². The lowest BCUT2D eigenvalue weighted by atomic mass is 10.1. The molecular weight excluding hydrogens is 280 g/mol. The summed E-state index contributed by atoms with van der Waals surface area (Å²) in [5, 5.41) is 20.1. The fourth-order valence-electron chi connectivity index (χ4n) is 1.97. The van der Waals surface area contributed by atoms with Crippen molar-refractivity contribution < 1.29 is 29.3 Å². The second kappa shape index (κ2) is 6.12. The van der Waals surface area contributed by atoms with E-state index in [0.29, 0.717) is 5.56 Å². The number of carbonyl (C=O) groups excluding carboxylic acids is 2. The van der Waals surface area contributed by atoms with Crippen LogP contribution in [0.25, 0.3) is 0 Å². The van der Waals surface area contributed by atoms with E-state index in [2.05, 4.69) is 5.32 Å². The van der Waals surface area contributed by atoms with Crippen molar-refractivity contribution in [1.29, 1.82) is 0 Å². The zero-order chi connectivity index (χ0) is 15.4. The Kier molecular flexibility index (Phi) is 4.27. The van der Waals surface area contributed by atoms with Crippen LogP contribution in [0, 0.1) is 0 Å². The maximum Gasteiger partial charge on any atom is 0.410 e. The number of phenols is 1. The Balaban J connectivity index is 2.06. The molecule has 1 heterocycles. The highest BCUT2D eigenvalue weighted by Crippen LogP contribution is 2.19. The fraction of sp³-hybridized carbons (Fsp3) is 0.308. The summed E-state index contributed by atoms with van der Waals surface area (Å²) in [7, 11) is 0. The first-order valence-electron chi connectivity index (χ1n) is 6.18. The van der Waals surface area contributed by atoms with Gasteiger partial charge in [-0.1, -0.05) is 12.1 Å². The normalized spacial score (nSPS) is 17.4.